The Bertz CT molecular complexity index is 1160. The van der Waals surface area contributed by atoms with Gasteiger partial charge in [0.2, 0.25) is 5.91 Å². The molecule has 30 heavy (non-hydrogen) atoms. The van der Waals surface area contributed by atoms with Crippen LogP contribution in [0.25, 0.3) is 16.8 Å². The van der Waals surface area contributed by atoms with Crippen molar-refractivity contribution in [1.29, 1.82) is 0 Å². The number of halogens is 1. The topological polar surface area (TPSA) is 85.8 Å². The monoisotopic (exact) mass is 509 g/mol. The van der Waals surface area contributed by atoms with E-state index in [1.54, 1.807) is 4.68 Å². The number of carbonyl (C=O) groups is 1. The molecule has 0 unspecified atom stereocenters. The lowest BCUT2D eigenvalue weighted by Crippen LogP contribution is -2.13. The molecule has 3 aromatic carbocycles. The minimum atomic E-state index is -0.115. The fourth-order valence-electron chi connectivity index (χ4n) is 3.06. The molecule has 6 nitrogen and oxygen atoms in total. The highest BCUT2D eigenvalue weighted by atomic mass is 127. The number of hydrogen-bond donors (Lipinski definition) is 2. The van der Waals surface area contributed by atoms with E-state index in [-0.39, 0.29) is 5.91 Å². The Morgan fingerprint density at radius 1 is 1.00 bits per heavy atom. The first kappa shape index (κ1) is 20.1. The molecule has 0 bridgehead atoms. The molecule has 0 fully saturated rings. The Hall–Kier alpha value is -3.20. The summed E-state index contributed by atoms with van der Waals surface area (Å²) in [5.74, 6) is -0.115. The molecule has 0 saturated heterocycles. The molecule has 0 aliphatic carbocycles. The van der Waals surface area contributed by atoms with Gasteiger partial charge in [-0.2, -0.15) is 0 Å². The summed E-state index contributed by atoms with van der Waals surface area (Å²) >= 11 is 2.26. The van der Waals surface area contributed by atoms with Crippen LogP contribution in [-0.4, -0.2) is 20.9 Å². The maximum atomic E-state index is 12.5. The second kappa shape index (κ2) is 9.08. The van der Waals surface area contributed by atoms with Gasteiger partial charge in [-0.05, 0) is 70.1 Å². The molecule has 150 valence electrons. The van der Waals surface area contributed by atoms with Crippen LogP contribution in [0.3, 0.4) is 0 Å². The van der Waals surface area contributed by atoms with E-state index in [0.29, 0.717) is 24.2 Å². The molecule has 7 heteroatoms. The standard InChI is InChI=1S/C23H20IN5O/c24-18-7-10-20(11-8-18)29-15-19(27-28-29)9-13-23(30)26-22-14-17(6-12-21(22)25)16-4-2-1-3-5-16/h1-8,10-12,14-15H,9,13,25H2,(H,26,30). The van der Waals surface area contributed by atoms with Gasteiger partial charge in [-0.3, -0.25) is 4.79 Å². The zero-order valence-electron chi connectivity index (χ0n) is 16.1. The largest absolute Gasteiger partial charge is 0.397 e. The fraction of sp³-hybridized carbons (Fsp3) is 0.0870. The van der Waals surface area contributed by atoms with Crippen LogP contribution in [0.2, 0.25) is 0 Å². The van der Waals surface area contributed by atoms with Crippen molar-refractivity contribution in [1.82, 2.24) is 15.0 Å². The summed E-state index contributed by atoms with van der Waals surface area (Å²) in [5, 5.41) is 11.2. The van der Waals surface area contributed by atoms with Gasteiger partial charge in [0.1, 0.15) is 0 Å². The average molecular weight is 509 g/mol. The molecule has 1 heterocycles. The lowest BCUT2D eigenvalue weighted by Gasteiger charge is -2.10. The molecule has 4 aromatic rings. The van der Waals surface area contributed by atoms with Crippen LogP contribution in [0.15, 0.2) is 79.0 Å². The van der Waals surface area contributed by atoms with E-state index in [9.17, 15) is 4.79 Å². The summed E-state index contributed by atoms with van der Waals surface area (Å²) in [6.07, 6.45) is 2.63. The number of nitrogens with two attached hydrogens (primary N) is 1. The molecule has 4 rings (SSSR count). The Kier molecular flexibility index (Phi) is 6.08. The highest BCUT2D eigenvalue weighted by Crippen LogP contribution is 2.27. The van der Waals surface area contributed by atoms with Gasteiger partial charge in [-0.15, -0.1) is 5.10 Å². The predicted octanol–water partition coefficient (Wildman–Crippen LogP) is 4.69. The molecular formula is C23H20IN5O. The molecule has 0 aliphatic rings. The molecule has 0 saturated carbocycles. The van der Waals surface area contributed by atoms with Crippen molar-refractivity contribution < 1.29 is 4.79 Å². The van der Waals surface area contributed by atoms with E-state index < -0.39 is 0 Å². The summed E-state index contributed by atoms with van der Waals surface area (Å²) in [7, 11) is 0. The number of benzene rings is 3. The van der Waals surface area contributed by atoms with Gasteiger partial charge in [-0.25, -0.2) is 4.68 Å². The number of aromatic nitrogens is 3. The Labute approximate surface area is 188 Å². The third-order valence-electron chi connectivity index (χ3n) is 4.67. The van der Waals surface area contributed by atoms with Crippen molar-refractivity contribution in [2.24, 2.45) is 0 Å². The van der Waals surface area contributed by atoms with E-state index in [2.05, 4.69) is 38.2 Å². The van der Waals surface area contributed by atoms with Crippen LogP contribution in [0.5, 0.6) is 0 Å². The van der Waals surface area contributed by atoms with Crippen molar-refractivity contribution in [2.45, 2.75) is 12.8 Å². The minimum absolute atomic E-state index is 0.115. The van der Waals surface area contributed by atoms with Crippen molar-refractivity contribution in [3.63, 3.8) is 0 Å². The van der Waals surface area contributed by atoms with Crippen LogP contribution in [-0.2, 0) is 11.2 Å². The summed E-state index contributed by atoms with van der Waals surface area (Å²) < 4.78 is 2.87. The number of aryl methyl sites for hydroxylation is 1. The van der Waals surface area contributed by atoms with E-state index in [1.165, 1.54) is 0 Å². The molecular weight excluding hydrogens is 489 g/mol. The molecule has 0 atom stereocenters. The fourth-order valence-corrected chi connectivity index (χ4v) is 3.42. The third kappa shape index (κ3) is 4.85. The van der Waals surface area contributed by atoms with Crippen LogP contribution < -0.4 is 11.1 Å². The van der Waals surface area contributed by atoms with Gasteiger partial charge in [0, 0.05) is 16.4 Å². The Morgan fingerprint density at radius 2 is 1.77 bits per heavy atom. The summed E-state index contributed by atoms with van der Waals surface area (Å²) in [6.45, 7) is 0. The average Bonchev–Trinajstić information content (AvgIpc) is 3.24. The first-order valence-electron chi connectivity index (χ1n) is 9.50. The van der Waals surface area contributed by atoms with Gasteiger partial charge < -0.3 is 11.1 Å². The van der Waals surface area contributed by atoms with Gasteiger partial charge in [0.05, 0.1) is 29.0 Å². The van der Waals surface area contributed by atoms with Crippen LogP contribution in [0.4, 0.5) is 11.4 Å². The van der Waals surface area contributed by atoms with Crippen molar-refractivity contribution >= 4 is 39.9 Å². The zero-order chi connectivity index (χ0) is 20.9. The number of amides is 1. The summed E-state index contributed by atoms with van der Waals surface area (Å²) in [5.41, 5.74) is 11.0. The zero-order valence-corrected chi connectivity index (χ0v) is 18.3. The van der Waals surface area contributed by atoms with Crippen molar-refractivity contribution in [3.8, 4) is 16.8 Å². The van der Waals surface area contributed by atoms with Crippen molar-refractivity contribution in [3.05, 3.63) is 88.3 Å². The van der Waals surface area contributed by atoms with E-state index >= 15 is 0 Å². The normalized spacial score (nSPS) is 10.7. The molecule has 0 radical (unpaired) electrons. The van der Waals surface area contributed by atoms with Crippen LogP contribution in [0.1, 0.15) is 12.1 Å². The summed E-state index contributed by atoms with van der Waals surface area (Å²) in [6, 6.07) is 23.6. The molecule has 3 N–H and O–H groups in total. The molecule has 1 amide bonds. The number of carbonyl (C=O) groups excluding carboxylic acids is 1. The van der Waals surface area contributed by atoms with Gasteiger partial charge in [0.15, 0.2) is 0 Å². The number of hydrogen-bond acceptors (Lipinski definition) is 4. The second-order valence-corrected chi connectivity index (χ2v) is 8.09. The van der Waals surface area contributed by atoms with Crippen LogP contribution >= 0.6 is 22.6 Å². The first-order valence-corrected chi connectivity index (χ1v) is 10.6. The molecule has 1 aromatic heterocycles. The Balaban J connectivity index is 1.39. The molecule has 0 aliphatic heterocycles. The number of nitrogens with zero attached hydrogens (tertiary/aromatic N) is 3. The maximum Gasteiger partial charge on any atom is 0.224 e. The maximum absolute atomic E-state index is 12.5. The summed E-state index contributed by atoms with van der Waals surface area (Å²) in [4.78, 5) is 12.5. The number of nitrogens with one attached hydrogen (secondary N) is 1. The third-order valence-corrected chi connectivity index (χ3v) is 5.39. The lowest BCUT2D eigenvalue weighted by molar-refractivity contribution is -0.116. The highest BCUT2D eigenvalue weighted by Gasteiger charge is 2.10. The quantitative estimate of drug-likeness (QED) is 0.292. The first-order chi connectivity index (χ1) is 14.6. The van der Waals surface area contributed by atoms with Gasteiger partial charge >= 0.3 is 0 Å². The molecule has 0 spiro atoms. The van der Waals surface area contributed by atoms with Crippen molar-refractivity contribution in [2.75, 3.05) is 11.1 Å². The Morgan fingerprint density at radius 3 is 2.53 bits per heavy atom. The number of nitrogen functional groups attached to an aromatic ring is 1. The van der Waals surface area contributed by atoms with E-state index in [4.69, 9.17) is 5.73 Å². The van der Waals surface area contributed by atoms with Crippen LogP contribution in [0, 0.1) is 3.57 Å². The lowest BCUT2D eigenvalue weighted by atomic mass is 10.0. The van der Waals surface area contributed by atoms with E-state index in [1.807, 2.05) is 79.0 Å². The SMILES string of the molecule is Nc1ccc(-c2ccccc2)cc1NC(=O)CCc1cn(-c2ccc(I)cc2)nn1. The van der Waals surface area contributed by atoms with Gasteiger partial charge in [0.25, 0.3) is 0 Å². The second-order valence-electron chi connectivity index (χ2n) is 6.85. The smallest absolute Gasteiger partial charge is 0.224 e. The van der Waals surface area contributed by atoms with Gasteiger partial charge in [-0.1, -0.05) is 41.6 Å². The number of anilines is 2. The highest BCUT2D eigenvalue weighted by molar-refractivity contribution is 14.1. The van der Waals surface area contributed by atoms with E-state index in [0.717, 1.165) is 26.1 Å². The minimum Gasteiger partial charge on any atom is -0.397 e. The number of rotatable bonds is 6. The predicted molar refractivity (Wildman–Crippen MR) is 127 cm³/mol.